The Hall–Kier alpha value is -4.01. The van der Waals surface area contributed by atoms with Crippen LogP contribution in [0.4, 0.5) is 8.78 Å². The monoisotopic (exact) mass is 417 g/mol. The summed E-state index contributed by atoms with van der Waals surface area (Å²) in [5.74, 6) is -0.518. The molecule has 0 aliphatic heterocycles. The lowest BCUT2D eigenvalue weighted by molar-refractivity contribution is 0.585. The van der Waals surface area contributed by atoms with Crippen LogP contribution in [0.25, 0.3) is 33.8 Å². The van der Waals surface area contributed by atoms with Gasteiger partial charge in [-0.3, -0.25) is 4.98 Å². The lowest BCUT2D eigenvalue weighted by atomic mass is 10.1. The number of hydrogen-bond donors (Lipinski definition) is 0. The molecule has 0 bridgehead atoms. The summed E-state index contributed by atoms with van der Waals surface area (Å²) in [5, 5.41) is 17.6. The van der Waals surface area contributed by atoms with Gasteiger partial charge in [-0.2, -0.15) is 14.7 Å². The zero-order valence-electron chi connectivity index (χ0n) is 16.7. The van der Waals surface area contributed by atoms with Crippen LogP contribution >= 0.6 is 0 Å². The summed E-state index contributed by atoms with van der Waals surface area (Å²) in [7, 11) is 0. The number of nitrogens with zero attached hydrogens (tertiary/aromatic N) is 7. The van der Waals surface area contributed by atoms with E-state index in [1.165, 1.54) is 12.1 Å². The molecule has 0 saturated carbocycles. The van der Waals surface area contributed by atoms with Crippen molar-refractivity contribution < 1.29 is 8.78 Å². The van der Waals surface area contributed by atoms with E-state index in [1.807, 2.05) is 13.8 Å². The predicted molar refractivity (Wildman–Crippen MR) is 111 cm³/mol. The van der Waals surface area contributed by atoms with Gasteiger partial charge in [0.15, 0.2) is 11.5 Å². The molecule has 4 aromatic heterocycles. The summed E-state index contributed by atoms with van der Waals surface area (Å²) in [6, 6.07) is 10.6. The molecule has 0 N–H and O–H groups in total. The van der Waals surface area contributed by atoms with E-state index >= 15 is 0 Å². The minimum atomic E-state index is -0.700. The Morgan fingerprint density at radius 1 is 0.871 bits per heavy atom. The fraction of sp³-hybridized carbons (Fsp3) is 0.136. The second-order valence-corrected chi connectivity index (χ2v) is 7.37. The molecule has 0 aliphatic rings. The van der Waals surface area contributed by atoms with Gasteiger partial charge in [-0.25, -0.2) is 13.5 Å². The number of rotatable bonds is 4. The number of pyridine rings is 1. The van der Waals surface area contributed by atoms with Crippen molar-refractivity contribution in [2.75, 3.05) is 0 Å². The van der Waals surface area contributed by atoms with E-state index in [4.69, 9.17) is 5.10 Å². The summed E-state index contributed by atoms with van der Waals surface area (Å²) in [6.07, 6.45) is 5.05. The van der Waals surface area contributed by atoms with E-state index in [0.717, 1.165) is 11.8 Å². The highest BCUT2D eigenvalue weighted by atomic mass is 19.1. The SMILES string of the molecule is CC(C)c1nnc2ccc(-c3cn(-c4ccncc4)nc3-c3ccc(F)cc3F)nn12. The van der Waals surface area contributed by atoms with E-state index in [-0.39, 0.29) is 11.5 Å². The Morgan fingerprint density at radius 3 is 2.42 bits per heavy atom. The van der Waals surface area contributed by atoms with Gasteiger partial charge in [-0.1, -0.05) is 13.8 Å². The Morgan fingerprint density at radius 2 is 1.68 bits per heavy atom. The number of aromatic nitrogens is 7. The minimum absolute atomic E-state index is 0.117. The maximum atomic E-state index is 14.7. The lowest BCUT2D eigenvalue weighted by Gasteiger charge is -2.06. The Bertz CT molecular complexity index is 1390. The van der Waals surface area contributed by atoms with Crippen molar-refractivity contribution in [2.45, 2.75) is 19.8 Å². The molecule has 9 heteroatoms. The second-order valence-electron chi connectivity index (χ2n) is 7.37. The van der Waals surface area contributed by atoms with Gasteiger partial charge < -0.3 is 0 Å². The summed E-state index contributed by atoms with van der Waals surface area (Å²) >= 11 is 0. The molecular formula is C22H17F2N7. The van der Waals surface area contributed by atoms with E-state index in [1.54, 1.807) is 52.1 Å². The zero-order chi connectivity index (χ0) is 21.5. The molecule has 0 unspecified atom stereocenters. The fourth-order valence-electron chi connectivity index (χ4n) is 3.38. The molecular weight excluding hydrogens is 400 g/mol. The van der Waals surface area contributed by atoms with Crippen molar-refractivity contribution in [2.24, 2.45) is 0 Å². The second kappa shape index (κ2) is 7.35. The first kappa shape index (κ1) is 19.0. The summed E-state index contributed by atoms with van der Waals surface area (Å²) < 4.78 is 31.5. The van der Waals surface area contributed by atoms with E-state index in [0.29, 0.717) is 28.4 Å². The Kier molecular flexibility index (Phi) is 4.50. The first-order chi connectivity index (χ1) is 15.0. The highest BCUT2D eigenvalue weighted by Crippen LogP contribution is 2.33. The molecule has 0 saturated heterocycles. The van der Waals surface area contributed by atoms with E-state index in [9.17, 15) is 8.78 Å². The van der Waals surface area contributed by atoms with Crippen LogP contribution in [0, 0.1) is 11.6 Å². The smallest absolute Gasteiger partial charge is 0.177 e. The third kappa shape index (κ3) is 3.33. The number of halogens is 2. The van der Waals surface area contributed by atoms with Crippen LogP contribution < -0.4 is 0 Å². The summed E-state index contributed by atoms with van der Waals surface area (Å²) in [4.78, 5) is 4.02. The maximum absolute atomic E-state index is 14.7. The molecule has 0 atom stereocenters. The molecule has 1 aromatic carbocycles. The molecule has 5 rings (SSSR count). The summed E-state index contributed by atoms with van der Waals surface area (Å²) in [6.45, 7) is 4.01. The van der Waals surface area contributed by atoms with Crippen molar-refractivity contribution in [3.63, 3.8) is 0 Å². The first-order valence-electron chi connectivity index (χ1n) is 9.69. The van der Waals surface area contributed by atoms with Crippen LogP contribution in [-0.4, -0.2) is 34.6 Å². The van der Waals surface area contributed by atoms with Gasteiger partial charge in [0.25, 0.3) is 0 Å². The normalized spacial score (nSPS) is 11.5. The summed E-state index contributed by atoms with van der Waals surface area (Å²) in [5.41, 5.74) is 3.04. The number of benzene rings is 1. The van der Waals surface area contributed by atoms with Crippen molar-refractivity contribution >= 4 is 5.65 Å². The first-order valence-corrected chi connectivity index (χ1v) is 9.69. The fourth-order valence-corrected chi connectivity index (χ4v) is 3.38. The third-order valence-electron chi connectivity index (χ3n) is 4.91. The minimum Gasteiger partial charge on any atom is -0.265 e. The molecule has 7 nitrogen and oxygen atoms in total. The van der Waals surface area contributed by atoms with Crippen LogP contribution in [0.15, 0.2) is 61.1 Å². The average molecular weight is 417 g/mol. The van der Waals surface area contributed by atoms with Crippen LogP contribution in [0.5, 0.6) is 0 Å². The highest BCUT2D eigenvalue weighted by molar-refractivity contribution is 5.79. The molecule has 0 radical (unpaired) electrons. The third-order valence-corrected chi connectivity index (χ3v) is 4.91. The topological polar surface area (TPSA) is 73.8 Å². The van der Waals surface area contributed by atoms with E-state index in [2.05, 4.69) is 20.3 Å². The van der Waals surface area contributed by atoms with Crippen molar-refractivity contribution in [3.05, 3.63) is 78.5 Å². The van der Waals surface area contributed by atoms with Gasteiger partial charge in [0, 0.05) is 41.7 Å². The molecule has 5 aromatic rings. The largest absolute Gasteiger partial charge is 0.265 e. The van der Waals surface area contributed by atoms with Crippen LogP contribution in [0.2, 0.25) is 0 Å². The molecule has 4 heterocycles. The molecule has 31 heavy (non-hydrogen) atoms. The standard InChI is InChI=1S/C22H17F2N7/c1-13(2)22-27-26-20-6-5-19(28-31(20)22)17-12-30(15-7-9-25-10-8-15)29-21(17)16-4-3-14(23)11-18(16)24/h3-13H,1-2H3. The van der Waals surface area contributed by atoms with Crippen LogP contribution in [-0.2, 0) is 0 Å². The van der Waals surface area contributed by atoms with Crippen LogP contribution in [0.3, 0.4) is 0 Å². The van der Waals surface area contributed by atoms with Crippen molar-refractivity contribution in [1.82, 2.24) is 34.6 Å². The quantitative estimate of drug-likeness (QED) is 0.432. The Labute approximate surface area is 176 Å². The maximum Gasteiger partial charge on any atom is 0.177 e. The van der Waals surface area contributed by atoms with Gasteiger partial charge in [0.2, 0.25) is 0 Å². The van der Waals surface area contributed by atoms with Crippen molar-refractivity contribution in [1.29, 1.82) is 0 Å². The lowest BCUT2D eigenvalue weighted by Crippen LogP contribution is -2.02. The van der Waals surface area contributed by atoms with Gasteiger partial charge in [-0.15, -0.1) is 10.2 Å². The average Bonchev–Trinajstić information content (AvgIpc) is 3.38. The highest BCUT2D eigenvalue weighted by Gasteiger charge is 2.20. The van der Waals surface area contributed by atoms with Gasteiger partial charge in [-0.05, 0) is 36.4 Å². The van der Waals surface area contributed by atoms with Crippen molar-refractivity contribution in [3.8, 4) is 28.2 Å². The predicted octanol–water partition coefficient (Wildman–Crippen LogP) is 4.44. The van der Waals surface area contributed by atoms with Gasteiger partial charge in [0.1, 0.15) is 17.3 Å². The molecule has 0 fully saturated rings. The Balaban J connectivity index is 1.74. The molecule has 0 amide bonds. The van der Waals surface area contributed by atoms with Gasteiger partial charge >= 0.3 is 0 Å². The molecule has 0 aliphatic carbocycles. The van der Waals surface area contributed by atoms with Crippen LogP contribution in [0.1, 0.15) is 25.6 Å². The molecule has 0 spiro atoms. The number of hydrogen-bond acceptors (Lipinski definition) is 5. The van der Waals surface area contributed by atoms with E-state index < -0.39 is 11.6 Å². The number of fused-ring (bicyclic) bond motifs is 1. The van der Waals surface area contributed by atoms with Gasteiger partial charge in [0.05, 0.1) is 11.4 Å². The zero-order valence-corrected chi connectivity index (χ0v) is 16.7. The molecule has 154 valence electrons.